The van der Waals surface area contributed by atoms with Gasteiger partial charge in [0.1, 0.15) is 12.4 Å². The lowest BCUT2D eigenvalue weighted by Crippen LogP contribution is -2.52. The summed E-state index contributed by atoms with van der Waals surface area (Å²) >= 11 is 0. The van der Waals surface area contributed by atoms with Gasteiger partial charge in [-0.05, 0) is 34.0 Å². The average Bonchev–Trinajstić information content (AvgIpc) is 3.38. The first kappa shape index (κ1) is 22.6. The standard InChI is InChI=1S/C24H29N7O2/c1-2-20-10-6-7-11-21(20)26-23(32)17-29-12-14-30(15-13-29)24(33)22(31-18-25-27-28-31)16-19-8-4-3-5-9-19/h3-11,18,22H,2,12-17H2,1H3,(H,26,32). The quantitative estimate of drug-likeness (QED) is 0.566. The highest BCUT2D eigenvalue weighted by Crippen LogP contribution is 2.18. The summed E-state index contributed by atoms with van der Waals surface area (Å²) in [4.78, 5) is 29.8. The fourth-order valence-corrected chi connectivity index (χ4v) is 4.12. The van der Waals surface area contributed by atoms with Crippen LogP contribution in [0.3, 0.4) is 0 Å². The zero-order chi connectivity index (χ0) is 23.0. The van der Waals surface area contributed by atoms with Gasteiger partial charge in [-0.2, -0.15) is 0 Å². The Morgan fingerprint density at radius 2 is 1.73 bits per heavy atom. The van der Waals surface area contributed by atoms with Crippen molar-refractivity contribution in [2.75, 3.05) is 38.0 Å². The SMILES string of the molecule is CCc1ccccc1NC(=O)CN1CCN(C(=O)C(Cc2ccccc2)n2cnnn2)CC1. The van der Waals surface area contributed by atoms with E-state index in [-0.39, 0.29) is 11.8 Å². The van der Waals surface area contributed by atoms with E-state index in [0.717, 1.165) is 23.2 Å². The molecule has 2 heterocycles. The molecule has 172 valence electrons. The molecule has 9 nitrogen and oxygen atoms in total. The maximum atomic E-state index is 13.4. The molecule has 0 radical (unpaired) electrons. The summed E-state index contributed by atoms with van der Waals surface area (Å²) in [5, 5.41) is 14.4. The zero-order valence-electron chi connectivity index (χ0n) is 18.8. The third kappa shape index (κ3) is 5.81. The van der Waals surface area contributed by atoms with Gasteiger partial charge in [-0.25, -0.2) is 4.68 Å². The fourth-order valence-electron chi connectivity index (χ4n) is 4.12. The molecule has 1 N–H and O–H groups in total. The summed E-state index contributed by atoms with van der Waals surface area (Å²) in [7, 11) is 0. The first-order valence-corrected chi connectivity index (χ1v) is 11.3. The Morgan fingerprint density at radius 1 is 1.00 bits per heavy atom. The van der Waals surface area contributed by atoms with Gasteiger partial charge in [-0.1, -0.05) is 55.5 Å². The molecule has 1 saturated heterocycles. The molecule has 1 aliphatic rings. The molecule has 0 bridgehead atoms. The Kier molecular flexibility index (Phi) is 7.41. The van der Waals surface area contributed by atoms with Crippen LogP contribution in [-0.2, 0) is 22.4 Å². The number of anilines is 1. The summed E-state index contributed by atoms with van der Waals surface area (Å²) in [5.41, 5.74) is 3.03. The fraction of sp³-hybridized carbons (Fsp3) is 0.375. The number of hydrogen-bond acceptors (Lipinski definition) is 6. The predicted octanol–water partition coefficient (Wildman–Crippen LogP) is 1.80. The van der Waals surface area contributed by atoms with Crippen LogP contribution in [0.5, 0.6) is 0 Å². The number of carbonyl (C=O) groups excluding carboxylic acids is 2. The average molecular weight is 448 g/mol. The third-order valence-corrected chi connectivity index (χ3v) is 5.96. The van der Waals surface area contributed by atoms with Crippen LogP contribution in [0.1, 0.15) is 24.1 Å². The molecule has 9 heteroatoms. The Morgan fingerprint density at radius 3 is 2.42 bits per heavy atom. The van der Waals surface area contributed by atoms with Gasteiger partial charge in [0.25, 0.3) is 0 Å². The largest absolute Gasteiger partial charge is 0.338 e. The second kappa shape index (κ2) is 10.8. The topological polar surface area (TPSA) is 96.2 Å². The van der Waals surface area contributed by atoms with Gasteiger partial charge < -0.3 is 10.2 Å². The number of nitrogens with zero attached hydrogens (tertiary/aromatic N) is 6. The number of aromatic nitrogens is 4. The minimum atomic E-state index is -0.497. The summed E-state index contributed by atoms with van der Waals surface area (Å²) in [6, 6.07) is 17.2. The Balaban J connectivity index is 1.33. The monoisotopic (exact) mass is 447 g/mol. The molecule has 0 saturated carbocycles. The number of amides is 2. The number of tetrazole rings is 1. The van der Waals surface area contributed by atoms with Crippen molar-refractivity contribution in [2.45, 2.75) is 25.8 Å². The number of para-hydroxylation sites is 1. The molecule has 1 fully saturated rings. The van der Waals surface area contributed by atoms with Crippen LogP contribution in [0.4, 0.5) is 5.69 Å². The van der Waals surface area contributed by atoms with E-state index in [1.165, 1.54) is 11.0 Å². The van der Waals surface area contributed by atoms with Gasteiger partial charge in [0, 0.05) is 38.3 Å². The van der Waals surface area contributed by atoms with Crippen LogP contribution >= 0.6 is 0 Å². The van der Waals surface area contributed by atoms with E-state index < -0.39 is 6.04 Å². The van der Waals surface area contributed by atoms with E-state index in [9.17, 15) is 9.59 Å². The molecule has 2 amide bonds. The highest BCUT2D eigenvalue weighted by Gasteiger charge is 2.30. The number of carbonyl (C=O) groups is 2. The van der Waals surface area contributed by atoms with E-state index in [1.54, 1.807) is 0 Å². The number of piperazine rings is 1. The van der Waals surface area contributed by atoms with Gasteiger partial charge in [-0.3, -0.25) is 14.5 Å². The number of aryl methyl sites for hydroxylation is 1. The molecule has 1 aliphatic heterocycles. The van der Waals surface area contributed by atoms with Crippen LogP contribution in [0, 0.1) is 0 Å². The van der Waals surface area contributed by atoms with Crippen molar-refractivity contribution in [3.05, 3.63) is 72.1 Å². The van der Waals surface area contributed by atoms with Gasteiger partial charge in [0.2, 0.25) is 11.8 Å². The lowest BCUT2D eigenvalue weighted by atomic mass is 10.0. The number of rotatable bonds is 8. The van der Waals surface area contributed by atoms with Crippen LogP contribution in [0.15, 0.2) is 60.9 Å². The van der Waals surface area contributed by atoms with E-state index in [0.29, 0.717) is 39.1 Å². The lowest BCUT2D eigenvalue weighted by Gasteiger charge is -2.36. The molecule has 3 aromatic rings. The third-order valence-electron chi connectivity index (χ3n) is 5.96. The summed E-state index contributed by atoms with van der Waals surface area (Å²) in [6.45, 7) is 4.78. The van der Waals surface area contributed by atoms with Crippen molar-refractivity contribution >= 4 is 17.5 Å². The van der Waals surface area contributed by atoms with Crippen molar-refractivity contribution in [2.24, 2.45) is 0 Å². The number of nitrogens with one attached hydrogen (secondary N) is 1. The molecular weight excluding hydrogens is 418 g/mol. The van der Waals surface area contributed by atoms with Crippen LogP contribution in [0.25, 0.3) is 0 Å². The molecular formula is C24H29N7O2. The normalized spacial score (nSPS) is 15.2. The predicted molar refractivity (Wildman–Crippen MR) is 124 cm³/mol. The van der Waals surface area contributed by atoms with Crippen molar-refractivity contribution in [1.29, 1.82) is 0 Å². The van der Waals surface area contributed by atoms with Crippen LogP contribution in [-0.4, -0.2) is 74.5 Å². The lowest BCUT2D eigenvalue weighted by molar-refractivity contribution is -0.137. The second-order valence-electron chi connectivity index (χ2n) is 8.16. The molecule has 33 heavy (non-hydrogen) atoms. The van der Waals surface area contributed by atoms with Gasteiger partial charge in [-0.15, -0.1) is 5.10 Å². The maximum Gasteiger partial charge on any atom is 0.248 e. The maximum absolute atomic E-state index is 13.4. The van der Waals surface area contributed by atoms with E-state index >= 15 is 0 Å². The minimum Gasteiger partial charge on any atom is -0.338 e. The van der Waals surface area contributed by atoms with Gasteiger partial charge in [0.05, 0.1) is 6.54 Å². The van der Waals surface area contributed by atoms with E-state index in [1.807, 2.05) is 59.5 Å². The highest BCUT2D eigenvalue weighted by atomic mass is 16.2. The Bertz CT molecular complexity index is 1050. The first-order valence-electron chi connectivity index (χ1n) is 11.3. The minimum absolute atomic E-state index is 0.00729. The summed E-state index contributed by atoms with van der Waals surface area (Å²) in [5.74, 6) is -0.0431. The number of benzene rings is 2. The Hall–Kier alpha value is -3.59. The van der Waals surface area contributed by atoms with Crippen molar-refractivity contribution in [3.63, 3.8) is 0 Å². The molecule has 1 unspecified atom stereocenters. The summed E-state index contributed by atoms with van der Waals surface area (Å²) in [6.07, 6.45) is 2.87. The first-order chi connectivity index (χ1) is 16.1. The zero-order valence-corrected chi connectivity index (χ0v) is 18.8. The molecule has 1 aromatic heterocycles. The van der Waals surface area contributed by atoms with Crippen LogP contribution in [0.2, 0.25) is 0 Å². The smallest absolute Gasteiger partial charge is 0.248 e. The van der Waals surface area contributed by atoms with Gasteiger partial charge in [0.15, 0.2) is 0 Å². The van der Waals surface area contributed by atoms with Gasteiger partial charge >= 0.3 is 0 Å². The molecule has 4 rings (SSSR count). The molecule has 1 atom stereocenters. The second-order valence-corrected chi connectivity index (χ2v) is 8.16. The molecule has 2 aromatic carbocycles. The van der Waals surface area contributed by atoms with Crippen molar-refractivity contribution in [3.8, 4) is 0 Å². The highest BCUT2D eigenvalue weighted by molar-refractivity contribution is 5.93. The Labute approximate surface area is 193 Å². The number of hydrogen-bond donors (Lipinski definition) is 1. The van der Waals surface area contributed by atoms with Crippen molar-refractivity contribution < 1.29 is 9.59 Å². The summed E-state index contributed by atoms with van der Waals surface area (Å²) < 4.78 is 1.53. The van der Waals surface area contributed by atoms with Crippen molar-refractivity contribution in [1.82, 2.24) is 30.0 Å². The van der Waals surface area contributed by atoms with Crippen LogP contribution < -0.4 is 5.32 Å². The van der Waals surface area contributed by atoms with E-state index in [4.69, 9.17) is 0 Å². The molecule has 0 spiro atoms. The van der Waals surface area contributed by atoms with E-state index in [2.05, 4.69) is 32.7 Å². The molecule has 0 aliphatic carbocycles.